The molecule has 6 nitrogen and oxygen atoms in total. The first-order chi connectivity index (χ1) is 10.3. The average molecular weight is 289 g/mol. The predicted octanol–water partition coefficient (Wildman–Crippen LogP) is 1.78. The third-order valence-electron chi connectivity index (χ3n) is 4.24. The zero-order chi connectivity index (χ0) is 14.5. The number of aryl methyl sites for hydroxylation is 1. The Morgan fingerprint density at radius 3 is 2.76 bits per heavy atom. The number of piperidine rings is 1. The SMILES string of the molecule is O=c1[nH]c2cncnc2n1CCCCCN1CCCCC1. The number of aromatic amines is 1. The summed E-state index contributed by atoms with van der Waals surface area (Å²) in [5.74, 6) is 0. The van der Waals surface area contributed by atoms with Gasteiger partial charge in [-0.2, -0.15) is 0 Å². The molecule has 6 heteroatoms. The van der Waals surface area contributed by atoms with Crippen molar-refractivity contribution in [1.82, 2.24) is 24.4 Å². The highest BCUT2D eigenvalue weighted by atomic mass is 16.1. The minimum atomic E-state index is -0.0819. The number of hydrogen-bond donors (Lipinski definition) is 1. The van der Waals surface area contributed by atoms with Gasteiger partial charge in [0.15, 0.2) is 5.65 Å². The van der Waals surface area contributed by atoms with Crippen molar-refractivity contribution in [3.05, 3.63) is 23.0 Å². The minimum Gasteiger partial charge on any atom is -0.303 e. The fourth-order valence-corrected chi connectivity index (χ4v) is 3.08. The molecule has 1 N–H and O–H groups in total. The molecule has 114 valence electrons. The second kappa shape index (κ2) is 6.85. The molecule has 1 fully saturated rings. The van der Waals surface area contributed by atoms with E-state index >= 15 is 0 Å². The van der Waals surface area contributed by atoms with Crippen molar-refractivity contribution in [3.63, 3.8) is 0 Å². The Bertz CT molecular complexity index is 626. The summed E-state index contributed by atoms with van der Waals surface area (Å²) < 4.78 is 1.72. The minimum absolute atomic E-state index is 0.0819. The van der Waals surface area contributed by atoms with Crippen LogP contribution in [0.25, 0.3) is 11.2 Å². The quantitative estimate of drug-likeness (QED) is 0.823. The number of likely N-dealkylation sites (tertiary alicyclic amines) is 1. The van der Waals surface area contributed by atoms with Crippen LogP contribution in [-0.4, -0.2) is 44.1 Å². The standard InChI is InChI=1S/C15H23N5O/c21-15-18-13-11-16-12-17-14(13)20(15)10-6-2-5-9-19-7-3-1-4-8-19/h11-12H,1-10H2,(H,18,21). The number of nitrogens with one attached hydrogen (secondary N) is 1. The number of rotatable bonds is 6. The van der Waals surface area contributed by atoms with E-state index in [2.05, 4.69) is 19.9 Å². The van der Waals surface area contributed by atoms with Crippen LogP contribution in [0.2, 0.25) is 0 Å². The first-order valence-corrected chi connectivity index (χ1v) is 7.95. The lowest BCUT2D eigenvalue weighted by atomic mass is 10.1. The molecule has 0 saturated carbocycles. The maximum Gasteiger partial charge on any atom is 0.327 e. The number of fused-ring (bicyclic) bond motifs is 1. The van der Waals surface area contributed by atoms with E-state index in [1.165, 1.54) is 51.6 Å². The number of aromatic nitrogens is 4. The normalized spacial score (nSPS) is 16.6. The van der Waals surface area contributed by atoms with Crippen molar-refractivity contribution in [3.8, 4) is 0 Å². The maximum absolute atomic E-state index is 11.9. The van der Waals surface area contributed by atoms with E-state index in [-0.39, 0.29) is 5.69 Å². The van der Waals surface area contributed by atoms with E-state index in [1.54, 1.807) is 10.8 Å². The molecule has 0 aromatic carbocycles. The van der Waals surface area contributed by atoms with Crippen LogP contribution in [0.1, 0.15) is 38.5 Å². The molecule has 2 aromatic heterocycles. The van der Waals surface area contributed by atoms with Crippen LogP contribution in [-0.2, 0) is 6.54 Å². The summed E-state index contributed by atoms with van der Waals surface area (Å²) in [6.07, 6.45) is 10.6. The maximum atomic E-state index is 11.9. The molecule has 3 heterocycles. The van der Waals surface area contributed by atoms with E-state index in [0.29, 0.717) is 5.65 Å². The molecule has 0 radical (unpaired) electrons. The summed E-state index contributed by atoms with van der Waals surface area (Å²) in [6, 6.07) is 0. The van der Waals surface area contributed by atoms with Crippen LogP contribution >= 0.6 is 0 Å². The second-order valence-corrected chi connectivity index (χ2v) is 5.80. The van der Waals surface area contributed by atoms with Crippen molar-refractivity contribution in [2.75, 3.05) is 19.6 Å². The predicted molar refractivity (Wildman–Crippen MR) is 82.3 cm³/mol. The van der Waals surface area contributed by atoms with Crippen LogP contribution < -0.4 is 5.69 Å². The van der Waals surface area contributed by atoms with Crippen LogP contribution in [0, 0.1) is 0 Å². The summed E-state index contributed by atoms with van der Waals surface area (Å²) in [6.45, 7) is 4.46. The lowest BCUT2D eigenvalue weighted by Crippen LogP contribution is -2.30. The summed E-state index contributed by atoms with van der Waals surface area (Å²) in [5, 5.41) is 0. The first-order valence-electron chi connectivity index (χ1n) is 7.95. The van der Waals surface area contributed by atoms with Crippen molar-refractivity contribution in [2.24, 2.45) is 0 Å². The number of hydrogen-bond acceptors (Lipinski definition) is 4. The van der Waals surface area contributed by atoms with E-state index in [1.807, 2.05) is 0 Å². The van der Waals surface area contributed by atoms with Gasteiger partial charge in [-0.3, -0.25) is 4.57 Å². The largest absolute Gasteiger partial charge is 0.327 e. The fraction of sp³-hybridized carbons (Fsp3) is 0.667. The molecule has 21 heavy (non-hydrogen) atoms. The molecule has 0 bridgehead atoms. The van der Waals surface area contributed by atoms with E-state index in [4.69, 9.17) is 0 Å². The lowest BCUT2D eigenvalue weighted by molar-refractivity contribution is 0.224. The van der Waals surface area contributed by atoms with Crippen LogP contribution in [0.5, 0.6) is 0 Å². The van der Waals surface area contributed by atoms with Gasteiger partial charge in [-0.15, -0.1) is 0 Å². The molecule has 0 atom stereocenters. The van der Waals surface area contributed by atoms with Crippen molar-refractivity contribution in [2.45, 2.75) is 45.1 Å². The smallest absolute Gasteiger partial charge is 0.303 e. The third kappa shape index (κ3) is 3.50. The molecule has 1 saturated heterocycles. The average Bonchev–Trinajstić information content (AvgIpc) is 2.84. The number of H-pyrrole nitrogens is 1. The molecular weight excluding hydrogens is 266 g/mol. The lowest BCUT2D eigenvalue weighted by Gasteiger charge is -2.26. The molecule has 0 spiro atoms. The Kier molecular flexibility index (Phi) is 4.65. The zero-order valence-electron chi connectivity index (χ0n) is 12.4. The molecule has 0 unspecified atom stereocenters. The Morgan fingerprint density at radius 2 is 1.90 bits per heavy atom. The summed E-state index contributed by atoms with van der Waals surface area (Å²) in [5.41, 5.74) is 1.35. The van der Waals surface area contributed by atoms with E-state index in [0.717, 1.165) is 24.9 Å². The summed E-state index contributed by atoms with van der Waals surface area (Å²) in [4.78, 5) is 25.4. The van der Waals surface area contributed by atoms with Gasteiger partial charge in [0.1, 0.15) is 11.8 Å². The topological polar surface area (TPSA) is 66.8 Å². The molecule has 0 aliphatic carbocycles. The summed E-state index contributed by atoms with van der Waals surface area (Å²) in [7, 11) is 0. The van der Waals surface area contributed by atoms with E-state index in [9.17, 15) is 4.79 Å². The van der Waals surface area contributed by atoms with Gasteiger partial charge in [-0.25, -0.2) is 14.8 Å². The van der Waals surface area contributed by atoms with Gasteiger partial charge in [0.2, 0.25) is 0 Å². The zero-order valence-corrected chi connectivity index (χ0v) is 12.4. The summed E-state index contributed by atoms with van der Waals surface area (Å²) >= 11 is 0. The molecule has 1 aliphatic rings. The van der Waals surface area contributed by atoms with Gasteiger partial charge in [0, 0.05) is 6.54 Å². The monoisotopic (exact) mass is 289 g/mol. The second-order valence-electron chi connectivity index (χ2n) is 5.80. The Hall–Kier alpha value is -1.69. The highest BCUT2D eigenvalue weighted by Gasteiger charge is 2.10. The van der Waals surface area contributed by atoms with Gasteiger partial charge in [-0.1, -0.05) is 12.8 Å². The van der Waals surface area contributed by atoms with Gasteiger partial charge < -0.3 is 9.88 Å². The third-order valence-corrected chi connectivity index (χ3v) is 4.24. The molecule has 2 aromatic rings. The van der Waals surface area contributed by atoms with Gasteiger partial charge in [-0.05, 0) is 45.3 Å². The molecule has 0 amide bonds. The van der Waals surface area contributed by atoms with Gasteiger partial charge in [0.25, 0.3) is 0 Å². The molecule has 1 aliphatic heterocycles. The number of imidazole rings is 1. The fourth-order valence-electron chi connectivity index (χ4n) is 3.08. The van der Waals surface area contributed by atoms with E-state index < -0.39 is 0 Å². The highest BCUT2D eigenvalue weighted by Crippen LogP contribution is 2.11. The van der Waals surface area contributed by atoms with Crippen molar-refractivity contribution < 1.29 is 0 Å². The van der Waals surface area contributed by atoms with Crippen LogP contribution in [0.3, 0.4) is 0 Å². The number of nitrogens with zero attached hydrogens (tertiary/aromatic N) is 4. The highest BCUT2D eigenvalue weighted by molar-refractivity contribution is 5.68. The van der Waals surface area contributed by atoms with Crippen molar-refractivity contribution in [1.29, 1.82) is 0 Å². The Labute approximate surface area is 124 Å². The first kappa shape index (κ1) is 14.3. The van der Waals surface area contributed by atoms with Crippen molar-refractivity contribution >= 4 is 11.2 Å². The van der Waals surface area contributed by atoms with Gasteiger partial charge >= 0.3 is 5.69 Å². The van der Waals surface area contributed by atoms with Gasteiger partial charge in [0.05, 0.1) is 6.20 Å². The van der Waals surface area contributed by atoms with Crippen LogP contribution in [0.4, 0.5) is 0 Å². The molecular formula is C15H23N5O. The number of unbranched alkanes of at least 4 members (excludes halogenated alkanes) is 2. The Balaban J connectivity index is 1.46. The Morgan fingerprint density at radius 1 is 1.10 bits per heavy atom. The van der Waals surface area contributed by atoms with Crippen LogP contribution in [0.15, 0.2) is 17.3 Å². The molecule has 3 rings (SSSR count).